The van der Waals surface area contributed by atoms with Gasteiger partial charge in [0, 0.05) is 13.5 Å². The summed E-state index contributed by atoms with van der Waals surface area (Å²) in [7, 11) is 0. The second kappa shape index (κ2) is 4.85. The number of Topliss-reactive ketones (excluding diaryl/α,β-unsaturated/α-hetero) is 2. The lowest BCUT2D eigenvalue weighted by Crippen LogP contribution is -2.45. The van der Waals surface area contributed by atoms with Crippen LogP contribution in [-0.4, -0.2) is 40.7 Å². The molecule has 5 nitrogen and oxygen atoms in total. The van der Waals surface area contributed by atoms with Gasteiger partial charge in [0.25, 0.3) is 0 Å². The van der Waals surface area contributed by atoms with Crippen molar-refractivity contribution in [3.8, 4) is 0 Å². The van der Waals surface area contributed by atoms with E-state index in [4.69, 9.17) is 4.74 Å². The maximum absolute atomic E-state index is 11.8. The highest BCUT2D eigenvalue weighted by molar-refractivity contribution is 6.38. The van der Waals surface area contributed by atoms with Gasteiger partial charge in [0.15, 0.2) is 5.78 Å². The van der Waals surface area contributed by atoms with Gasteiger partial charge in [0.2, 0.25) is 5.78 Å². The third-order valence-electron chi connectivity index (χ3n) is 2.53. The smallest absolute Gasteiger partial charge is 0.410 e. The summed E-state index contributed by atoms with van der Waals surface area (Å²) < 4.78 is 5.21. The topological polar surface area (TPSA) is 63.7 Å². The van der Waals surface area contributed by atoms with E-state index in [9.17, 15) is 14.4 Å². The van der Waals surface area contributed by atoms with Crippen molar-refractivity contribution < 1.29 is 19.1 Å². The average molecular weight is 241 g/mol. The summed E-state index contributed by atoms with van der Waals surface area (Å²) in [4.78, 5) is 35.9. The molecule has 0 bridgehead atoms. The Morgan fingerprint density at radius 3 is 2.29 bits per heavy atom. The first-order valence-corrected chi connectivity index (χ1v) is 5.77. The molecule has 5 heteroatoms. The molecule has 1 saturated heterocycles. The molecule has 1 fully saturated rings. The number of carbonyl (C=O) groups is 3. The van der Waals surface area contributed by atoms with Crippen LogP contribution in [0, 0.1) is 0 Å². The third-order valence-corrected chi connectivity index (χ3v) is 2.53. The Balaban J connectivity index is 2.73. The van der Waals surface area contributed by atoms with Crippen LogP contribution < -0.4 is 0 Å². The van der Waals surface area contributed by atoms with Gasteiger partial charge in [-0.2, -0.15) is 0 Å². The fraction of sp³-hybridized carbons (Fsp3) is 0.750. The Bertz CT molecular complexity index is 343. The second-order valence-corrected chi connectivity index (χ2v) is 5.25. The fourth-order valence-electron chi connectivity index (χ4n) is 1.81. The lowest BCUT2D eigenvalue weighted by molar-refractivity contribution is -0.137. The first-order valence-electron chi connectivity index (χ1n) is 5.77. The van der Waals surface area contributed by atoms with Gasteiger partial charge < -0.3 is 4.74 Å². The van der Waals surface area contributed by atoms with Crippen LogP contribution in [0.1, 0.15) is 40.5 Å². The van der Waals surface area contributed by atoms with Gasteiger partial charge in [-0.1, -0.05) is 0 Å². The predicted molar refractivity (Wildman–Crippen MR) is 61.7 cm³/mol. The largest absolute Gasteiger partial charge is 0.444 e. The SMILES string of the molecule is CC(=O)C(=O)[C@H]1CCCN1C(=O)OC(C)(C)C. The van der Waals surface area contributed by atoms with E-state index in [0.29, 0.717) is 13.0 Å². The molecule has 0 aliphatic carbocycles. The highest BCUT2D eigenvalue weighted by Crippen LogP contribution is 2.21. The van der Waals surface area contributed by atoms with Gasteiger partial charge in [-0.25, -0.2) is 4.79 Å². The first-order chi connectivity index (χ1) is 7.72. The molecule has 0 spiro atoms. The predicted octanol–water partition coefficient (Wildman–Crippen LogP) is 1.54. The molecule has 0 radical (unpaired) electrons. The molecule has 0 saturated carbocycles. The van der Waals surface area contributed by atoms with E-state index in [1.54, 1.807) is 20.8 Å². The van der Waals surface area contributed by atoms with Crippen LogP contribution in [0.15, 0.2) is 0 Å². The van der Waals surface area contributed by atoms with E-state index in [0.717, 1.165) is 6.42 Å². The zero-order valence-electron chi connectivity index (χ0n) is 10.8. The molecule has 96 valence electrons. The van der Waals surface area contributed by atoms with E-state index in [1.807, 2.05) is 0 Å². The van der Waals surface area contributed by atoms with Crippen molar-refractivity contribution in [3.63, 3.8) is 0 Å². The molecule has 1 amide bonds. The van der Waals surface area contributed by atoms with Crippen LogP contribution in [0.3, 0.4) is 0 Å². The van der Waals surface area contributed by atoms with Crippen molar-refractivity contribution >= 4 is 17.7 Å². The van der Waals surface area contributed by atoms with Crippen molar-refractivity contribution in [1.82, 2.24) is 4.90 Å². The van der Waals surface area contributed by atoms with E-state index in [-0.39, 0.29) is 0 Å². The van der Waals surface area contributed by atoms with Crippen molar-refractivity contribution in [2.75, 3.05) is 6.54 Å². The molecule has 1 aliphatic rings. The van der Waals surface area contributed by atoms with E-state index < -0.39 is 29.3 Å². The number of ketones is 2. The summed E-state index contributed by atoms with van der Waals surface area (Å²) >= 11 is 0. The van der Waals surface area contributed by atoms with Crippen molar-refractivity contribution in [1.29, 1.82) is 0 Å². The average Bonchev–Trinajstić information content (AvgIpc) is 2.61. The van der Waals surface area contributed by atoms with Gasteiger partial charge in [-0.15, -0.1) is 0 Å². The molecule has 1 heterocycles. The molecular weight excluding hydrogens is 222 g/mol. The van der Waals surface area contributed by atoms with Gasteiger partial charge in [0.1, 0.15) is 11.6 Å². The number of hydrogen-bond acceptors (Lipinski definition) is 4. The highest BCUT2D eigenvalue weighted by atomic mass is 16.6. The summed E-state index contributed by atoms with van der Waals surface area (Å²) in [5.74, 6) is -1.01. The number of hydrogen-bond donors (Lipinski definition) is 0. The van der Waals surface area contributed by atoms with E-state index >= 15 is 0 Å². The summed E-state index contributed by atoms with van der Waals surface area (Å²) in [6.45, 7) is 7.00. The quantitative estimate of drug-likeness (QED) is 0.688. The lowest BCUT2D eigenvalue weighted by Gasteiger charge is -2.27. The number of nitrogens with zero attached hydrogens (tertiary/aromatic N) is 1. The van der Waals surface area contributed by atoms with Crippen LogP contribution in [0.4, 0.5) is 4.79 Å². The fourth-order valence-corrected chi connectivity index (χ4v) is 1.81. The molecule has 0 aromatic carbocycles. The molecule has 1 aliphatic heterocycles. The molecule has 1 rings (SSSR count). The zero-order chi connectivity index (χ0) is 13.2. The van der Waals surface area contributed by atoms with Gasteiger partial charge in [-0.05, 0) is 33.6 Å². The Morgan fingerprint density at radius 1 is 1.24 bits per heavy atom. The molecule has 1 atom stereocenters. The van der Waals surface area contributed by atoms with Gasteiger partial charge in [0.05, 0.1) is 0 Å². The van der Waals surface area contributed by atoms with Crippen LogP contribution in [-0.2, 0) is 14.3 Å². The Labute approximate surface area is 101 Å². The normalized spacial score (nSPS) is 20.2. The molecule has 0 aromatic rings. The van der Waals surface area contributed by atoms with Crippen molar-refractivity contribution in [2.24, 2.45) is 0 Å². The lowest BCUT2D eigenvalue weighted by atomic mass is 10.1. The van der Waals surface area contributed by atoms with Gasteiger partial charge in [-0.3, -0.25) is 14.5 Å². The van der Waals surface area contributed by atoms with Crippen molar-refractivity contribution in [2.45, 2.75) is 52.2 Å². The minimum Gasteiger partial charge on any atom is -0.444 e. The number of rotatable bonds is 2. The Kier molecular flexibility index (Phi) is 3.91. The summed E-state index contributed by atoms with van der Waals surface area (Å²) in [5, 5.41) is 0. The van der Waals surface area contributed by atoms with Crippen LogP contribution in [0.25, 0.3) is 0 Å². The molecular formula is C12H19NO4. The third kappa shape index (κ3) is 3.54. The minimum atomic E-state index is -0.637. The number of amides is 1. The summed E-state index contributed by atoms with van der Waals surface area (Å²) in [6, 6.07) is -0.637. The molecule has 17 heavy (non-hydrogen) atoms. The highest BCUT2D eigenvalue weighted by Gasteiger charge is 2.37. The Hall–Kier alpha value is -1.39. The molecule has 0 N–H and O–H groups in total. The number of likely N-dealkylation sites (tertiary alicyclic amines) is 1. The van der Waals surface area contributed by atoms with E-state index in [2.05, 4.69) is 0 Å². The second-order valence-electron chi connectivity index (χ2n) is 5.25. The van der Waals surface area contributed by atoms with Crippen molar-refractivity contribution in [3.05, 3.63) is 0 Å². The number of ether oxygens (including phenoxy) is 1. The van der Waals surface area contributed by atoms with Crippen LogP contribution >= 0.6 is 0 Å². The Morgan fingerprint density at radius 2 is 1.82 bits per heavy atom. The molecule has 0 unspecified atom stereocenters. The van der Waals surface area contributed by atoms with Crippen LogP contribution in [0.2, 0.25) is 0 Å². The zero-order valence-corrected chi connectivity index (χ0v) is 10.8. The summed E-state index contributed by atoms with van der Waals surface area (Å²) in [6.07, 6.45) is 0.746. The molecule has 0 aromatic heterocycles. The standard InChI is InChI=1S/C12H19NO4/c1-8(14)10(15)9-6-5-7-13(9)11(16)17-12(2,3)4/h9H,5-7H2,1-4H3/t9-/m1/s1. The van der Waals surface area contributed by atoms with Crippen LogP contribution in [0.5, 0.6) is 0 Å². The maximum Gasteiger partial charge on any atom is 0.410 e. The number of carbonyl (C=O) groups excluding carboxylic acids is 3. The van der Waals surface area contributed by atoms with E-state index in [1.165, 1.54) is 11.8 Å². The first kappa shape index (κ1) is 13.7. The summed E-state index contributed by atoms with van der Waals surface area (Å²) in [5.41, 5.74) is -0.594. The van der Waals surface area contributed by atoms with Gasteiger partial charge >= 0.3 is 6.09 Å². The monoisotopic (exact) mass is 241 g/mol. The minimum absolute atomic E-state index is 0.471. The maximum atomic E-state index is 11.8.